The fourth-order valence-corrected chi connectivity index (χ4v) is 3.27. The first-order valence-electron chi connectivity index (χ1n) is 9.39. The van der Waals surface area contributed by atoms with Gasteiger partial charge in [-0.3, -0.25) is 9.59 Å². The average molecular weight is 366 g/mol. The van der Waals surface area contributed by atoms with Crippen molar-refractivity contribution in [3.8, 4) is 5.75 Å². The highest BCUT2D eigenvalue weighted by Crippen LogP contribution is 2.19. The number of aryl methyl sites for hydroxylation is 1. The molecule has 1 aliphatic heterocycles. The van der Waals surface area contributed by atoms with Gasteiger partial charge in [0.05, 0.1) is 6.04 Å². The number of rotatable bonds is 7. The molecule has 2 aromatic rings. The van der Waals surface area contributed by atoms with E-state index in [1.54, 1.807) is 6.92 Å². The van der Waals surface area contributed by atoms with Crippen molar-refractivity contribution in [1.82, 2.24) is 10.2 Å². The minimum absolute atomic E-state index is 0.147. The van der Waals surface area contributed by atoms with Crippen LogP contribution >= 0.6 is 0 Å². The van der Waals surface area contributed by atoms with Gasteiger partial charge in [0.2, 0.25) is 5.91 Å². The highest BCUT2D eigenvalue weighted by atomic mass is 16.5. The van der Waals surface area contributed by atoms with E-state index < -0.39 is 6.10 Å². The Morgan fingerprint density at radius 3 is 2.63 bits per heavy atom. The molecule has 2 aromatic carbocycles. The number of amides is 2. The monoisotopic (exact) mass is 366 g/mol. The van der Waals surface area contributed by atoms with E-state index in [0.717, 1.165) is 24.1 Å². The molecule has 1 fully saturated rings. The maximum absolute atomic E-state index is 12.7. The van der Waals surface area contributed by atoms with Crippen LogP contribution in [0.2, 0.25) is 0 Å². The topological polar surface area (TPSA) is 58.6 Å². The first-order chi connectivity index (χ1) is 13.0. The molecule has 142 valence electrons. The smallest absolute Gasteiger partial charge is 0.261 e. The molecule has 0 spiro atoms. The molecule has 0 bridgehead atoms. The molecular weight excluding hydrogens is 340 g/mol. The summed E-state index contributed by atoms with van der Waals surface area (Å²) in [7, 11) is 0. The largest absolute Gasteiger partial charge is 0.481 e. The summed E-state index contributed by atoms with van der Waals surface area (Å²) < 4.78 is 5.79. The van der Waals surface area contributed by atoms with Crippen molar-refractivity contribution in [1.29, 1.82) is 0 Å². The lowest BCUT2D eigenvalue weighted by molar-refractivity contribution is -0.131. The zero-order valence-corrected chi connectivity index (χ0v) is 15.9. The van der Waals surface area contributed by atoms with Gasteiger partial charge in [-0.15, -0.1) is 0 Å². The molecule has 0 radical (unpaired) electrons. The Labute approximate surface area is 160 Å². The van der Waals surface area contributed by atoms with Crippen LogP contribution in [0.5, 0.6) is 5.75 Å². The van der Waals surface area contributed by atoms with Crippen LogP contribution in [-0.4, -0.2) is 35.9 Å². The van der Waals surface area contributed by atoms with Gasteiger partial charge < -0.3 is 15.0 Å². The molecule has 0 saturated carbocycles. The van der Waals surface area contributed by atoms with Crippen molar-refractivity contribution in [2.24, 2.45) is 0 Å². The molecule has 1 saturated heterocycles. The van der Waals surface area contributed by atoms with E-state index in [9.17, 15) is 9.59 Å². The second-order valence-electron chi connectivity index (χ2n) is 6.99. The fraction of sp³-hybridized carbons (Fsp3) is 0.364. The van der Waals surface area contributed by atoms with Crippen molar-refractivity contribution in [2.75, 3.05) is 13.1 Å². The quantitative estimate of drug-likeness (QED) is 0.818. The van der Waals surface area contributed by atoms with Crippen molar-refractivity contribution in [2.45, 2.75) is 38.8 Å². The first kappa shape index (κ1) is 19.0. The summed E-state index contributed by atoms with van der Waals surface area (Å²) in [5.74, 6) is 0.620. The van der Waals surface area contributed by atoms with Crippen LogP contribution in [0.3, 0.4) is 0 Å². The molecule has 2 unspecified atom stereocenters. The van der Waals surface area contributed by atoms with Gasteiger partial charge in [-0.2, -0.15) is 0 Å². The van der Waals surface area contributed by atoms with Gasteiger partial charge in [0.15, 0.2) is 6.10 Å². The Balaban J connectivity index is 1.68. The van der Waals surface area contributed by atoms with E-state index in [1.165, 1.54) is 0 Å². The fourth-order valence-electron chi connectivity index (χ4n) is 3.27. The molecular formula is C22H26N2O3. The lowest BCUT2D eigenvalue weighted by Crippen LogP contribution is -2.43. The highest BCUT2D eigenvalue weighted by molar-refractivity contribution is 5.81. The van der Waals surface area contributed by atoms with Crippen molar-refractivity contribution < 1.29 is 14.3 Å². The van der Waals surface area contributed by atoms with Gasteiger partial charge in [-0.05, 0) is 43.5 Å². The number of nitrogens with one attached hydrogen (secondary N) is 1. The van der Waals surface area contributed by atoms with Gasteiger partial charge in [-0.1, -0.05) is 42.5 Å². The van der Waals surface area contributed by atoms with Crippen LogP contribution in [0.1, 0.15) is 36.9 Å². The molecule has 1 heterocycles. The predicted octanol–water partition coefficient (Wildman–Crippen LogP) is 3.24. The van der Waals surface area contributed by atoms with Crippen LogP contribution in [0.15, 0.2) is 54.6 Å². The molecule has 5 nitrogen and oxygen atoms in total. The SMILES string of the molecule is Cc1cccc(OC(C)C(=O)NC(CN2CCCC2=O)c2ccccc2)c1. The molecule has 5 heteroatoms. The second kappa shape index (κ2) is 8.71. The number of hydrogen-bond donors (Lipinski definition) is 1. The highest BCUT2D eigenvalue weighted by Gasteiger charge is 2.26. The summed E-state index contributed by atoms with van der Waals surface area (Å²) in [6.45, 7) is 4.94. The number of carbonyl (C=O) groups excluding carboxylic acids is 2. The summed E-state index contributed by atoms with van der Waals surface area (Å²) in [6.07, 6.45) is 0.830. The first-order valence-corrected chi connectivity index (χ1v) is 9.39. The number of carbonyl (C=O) groups is 2. The van der Waals surface area contributed by atoms with Gasteiger partial charge in [0.25, 0.3) is 5.91 Å². The summed E-state index contributed by atoms with van der Waals surface area (Å²) in [4.78, 5) is 26.6. The zero-order chi connectivity index (χ0) is 19.2. The van der Waals surface area contributed by atoms with E-state index in [2.05, 4.69) is 5.32 Å². The number of hydrogen-bond acceptors (Lipinski definition) is 3. The summed E-state index contributed by atoms with van der Waals surface area (Å²) in [5, 5.41) is 3.06. The zero-order valence-electron chi connectivity index (χ0n) is 15.9. The number of benzene rings is 2. The number of ether oxygens (including phenoxy) is 1. The maximum Gasteiger partial charge on any atom is 0.261 e. The van der Waals surface area contributed by atoms with Gasteiger partial charge in [0.1, 0.15) is 5.75 Å². The Morgan fingerprint density at radius 2 is 1.96 bits per heavy atom. The summed E-state index contributed by atoms with van der Waals surface area (Å²) in [6, 6.07) is 17.1. The van der Waals surface area contributed by atoms with Crippen molar-refractivity contribution >= 4 is 11.8 Å². The van der Waals surface area contributed by atoms with Crippen molar-refractivity contribution in [3.63, 3.8) is 0 Å². The van der Waals surface area contributed by atoms with Crippen LogP contribution in [0, 0.1) is 6.92 Å². The van der Waals surface area contributed by atoms with Crippen LogP contribution in [0.4, 0.5) is 0 Å². The third kappa shape index (κ3) is 5.09. The van der Waals surface area contributed by atoms with Crippen molar-refractivity contribution in [3.05, 3.63) is 65.7 Å². The molecule has 1 aliphatic rings. The Hall–Kier alpha value is -2.82. The Bertz CT molecular complexity index is 791. The normalized spacial score (nSPS) is 16.1. The standard InChI is InChI=1S/C22H26N2O3/c1-16-8-6-11-19(14-16)27-17(2)22(26)23-20(18-9-4-3-5-10-18)15-24-13-7-12-21(24)25/h3-6,8-11,14,17,20H,7,12-13,15H2,1-2H3,(H,23,26). The third-order valence-electron chi connectivity index (χ3n) is 4.76. The van der Waals surface area contributed by atoms with E-state index in [1.807, 2.05) is 66.4 Å². The van der Waals surface area contributed by atoms with Crippen LogP contribution in [-0.2, 0) is 9.59 Å². The van der Waals surface area contributed by atoms with Gasteiger partial charge in [-0.25, -0.2) is 0 Å². The van der Waals surface area contributed by atoms with Crippen LogP contribution < -0.4 is 10.1 Å². The molecule has 0 aliphatic carbocycles. The summed E-state index contributed by atoms with van der Waals surface area (Å²) in [5.41, 5.74) is 2.06. The molecule has 0 aromatic heterocycles. The lowest BCUT2D eigenvalue weighted by Gasteiger charge is -2.26. The van der Waals surface area contributed by atoms with Crippen LogP contribution in [0.25, 0.3) is 0 Å². The lowest BCUT2D eigenvalue weighted by atomic mass is 10.1. The van der Waals surface area contributed by atoms with Gasteiger partial charge in [0, 0.05) is 19.5 Å². The molecule has 2 atom stereocenters. The van der Waals surface area contributed by atoms with E-state index in [-0.39, 0.29) is 17.9 Å². The molecule has 3 rings (SSSR count). The van der Waals surface area contributed by atoms with E-state index in [4.69, 9.17) is 4.74 Å². The number of nitrogens with zero attached hydrogens (tertiary/aromatic N) is 1. The third-order valence-corrected chi connectivity index (χ3v) is 4.76. The van der Waals surface area contributed by atoms with Gasteiger partial charge >= 0.3 is 0 Å². The van der Waals surface area contributed by atoms with E-state index in [0.29, 0.717) is 18.7 Å². The minimum Gasteiger partial charge on any atom is -0.481 e. The summed E-state index contributed by atoms with van der Waals surface area (Å²) >= 11 is 0. The molecule has 1 N–H and O–H groups in total. The Morgan fingerprint density at radius 1 is 1.19 bits per heavy atom. The predicted molar refractivity (Wildman–Crippen MR) is 104 cm³/mol. The maximum atomic E-state index is 12.7. The van der Waals surface area contributed by atoms with E-state index >= 15 is 0 Å². The Kier molecular flexibility index (Phi) is 6.12. The second-order valence-corrected chi connectivity index (χ2v) is 6.99. The molecule has 27 heavy (non-hydrogen) atoms. The molecule has 2 amide bonds. The number of likely N-dealkylation sites (tertiary alicyclic amines) is 1. The minimum atomic E-state index is -0.632. The average Bonchev–Trinajstić information content (AvgIpc) is 3.06.